The van der Waals surface area contributed by atoms with Gasteiger partial charge in [-0.25, -0.2) is 0 Å². The van der Waals surface area contributed by atoms with Gasteiger partial charge in [-0.1, -0.05) is 35.5 Å². The molecule has 0 fully saturated rings. The normalized spacial score (nSPS) is 10.4. The van der Waals surface area contributed by atoms with E-state index in [2.05, 4.69) is 25.8 Å². The van der Waals surface area contributed by atoms with Crippen LogP contribution in [0.3, 0.4) is 0 Å². The van der Waals surface area contributed by atoms with Crippen molar-refractivity contribution in [1.29, 1.82) is 0 Å². The summed E-state index contributed by atoms with van der Waals surface area (Å²) in [5.41, 5.74) is 1.83. The van der Waals surface area contributed by atoms with Crippen molar-refractivity contribution in [3.63, 3.8) is 0 Å². The van der Waals surface area contributed by atoms with Gasteiger partial charge in [0, 0.05) is 50.3 Å². The highest BCUT2D eigenvalue weighted by atomic mass is 16.5. The SMILES string of the molecule is O=C(CCc1nc(-c2ccncc2)no1)NCCC(=O)NCc1ccccc1. The van der Waals surface area contributed by atoms with Crippen LogP contribution in [0.25, 0.3) is 11.4 Å². The number of rotatable bonds is 9. The minimum absolute atomic E-state index is 0.108. The quantitative estimate of drug-likeness (QED) is 0.587. The van der Waals surface area contributed by atoms with E-state index >= 15 is 0 Å². The van der Waals surface area contributed by atoms with Gasteiger partial charge in [0.05, 0.1) is 0 Å². The van der Waals surface area contributed by atoms with Crippen molar-refractivity contribution in [3.05, 3.63) is 66.3 Å². The van der Waals surface area contributed by atoms with Crippen molar-refractivity contribution < 1.29 is 14.1 Å². The summed E-state index contributed by atoms with van der Waals surface area (Å²) in [5, 5.41) is 9.44. The molecule has 0 bridgehead atoms. The molecule has 0 aliphatic carbocycles. The van der Waals surface area contributed by atoms with E-state index in [0.29, 0.717) is 24.7 Å². The van der Waals surface area contributed by atoms with Crippen molar-refractivity contribution >= 4 is 11.8 Å². The van der Waals surface area contributed by atoms with E-state index < -0.39 is 0 Å². The smallest absolute Gasteiger partial charge is 0.227 e. The van der Waals surface area contributed by atoms with Crippen LogP contribution in [0.2, 0.25) is 0 Å². The average Bonchev–Trinajstić information content (AvgIpc) is 3.21. The minimum Gasteiger partial charge on any atom is -0.356 e. The number of carbonyl (C=O) groups is 2. The molecule has 8 nitrogen and oxygen atoms in total. The summed E-state index contributed by atoms with van der Waals surface area (Å²) >= 11 is 0. The van der Waals surface area contributed by atoms with E-state index in [1.165, 1.54) is 0 Å². The van der Waals surface area contributed by atoms with Crippen molar-refractivity contribution in [1.82, 2.24) is 25.8 Å². The highest BCUT2D eigenvalue weighted by Crippen LogP contribution is 2.14. The van der Waals surface area contributed by atoms with Gasteiger partial charge < -0.3 is 15.2 Å². The molecule has 2 amide bonds. The molecule has 2 heterocycles. The van der Waals surface area contributed by atoms with Gasteiger partial charge in [0.1, 0.15) is 0 Å². The third-order valence-corrected chi connectivity index (χ3v) is 3.98. The molecule has 0 saturated heterocycles. The predicted octanol–water partition coefficient (Wildman–Crippen LogP) is 1.89. The molecule has 0 atom stereocenters. The Bertz CT molecular complexity index is 896. The molecular weight excluding hydrogens is 358 g/mol. The number of nitrogens with zero attached hydrogens (tertiary/aromatic N) is 3. The van der Waals surface area contributed by atoms with Crippen molar-refractivity contribution in [2.24, 2.45) is 0 Å². The highest BCUT2D eigenvalue weighted by molar-refractivity contribution is 5.79. The van der Waals surface area contributed by atoms with Gasteiger partial charge in [0.2, 0.25) is 23.5 Å². The zero-order valence-electron chi connectivity index (χ0n) is 15.3. The molecule has 0 spiro atoms. The van der Waals surface area contributed by atoms with E-state index in [1.807, 2.05) is 30.3 Å². The molecule has 1 aromatic carbocycles. The third-order valence-electron chi connectivity index (χ3n) is 3.98. The summed E-state index contributed by atoms with van der Waals surface area (Å²) in [4.78, 5) is 31.9. The van der Waals surface area contributed by atoms with E-state index in [9.17, 15) is 9.59 Å². The summed E-state index contributed by atoms with van der Waals surface area (Å²) in [7, 11) is 0. The molecule has 0 aliphatic rings. The fourth-order valence-corrected chi connectivity index (χ4v) is 2.48. The van der Waals surface area contributed by atoms with Crippen LogP contribution in [0.1, 0.15) is 24.3 Å². The second-order valence-corrected chi connectivity index (χ2v) is 6.11. The molecule has 3 aromatic rings. The Hall–Kier alpha value is -3.55. The molecule has 2 aromatic heterocycles. The Kier molecular flexibility index (Phi) is 6.84. The van der Waals surface area contributed by atoms with Crippen molar-refractivity contribution in [2.75, 3.05) is 6.54 Å². The number of aromatic nitrogens is 3. The summed E-state index contributed by atoms with van der Waals surface area (Å²) in [5.74, 6) is 0.582. The van der Waals surface area contributed by atoms with Crippen LogP contribution in [0.5, 0.6) is 0 Å². The van der Waals surface area contributed by atoms with Crippen LogP contribution in [0.4, 0.5) is 0 Å². The maximum Gasteiger partial charge on any atom is 0.227 e. The first kappa shape index (κ1) is 19.2. The molecule has 0 saturated carbocycles. The van der Waals surface area contributed by atoms with Gasteiger partial charge in [-0.05, 0) is 17.7 Å². The van der Waals surface area contributed by atoms with E-state index in [4.69, 9.17) is 4.52 Å². The lowest BCUT2D eigenvalue weighted by atomic mass is 10.2. The van der Waals surface area contributed by atoms with Gasteiger partial charge in [0.15, 0.2) is 0 Å². The molecule has 0 aliphatic heterocycles. The average molecular weight is 379 g/mol. The minimum atomic E-state index is -0.167. The first-order valence-electron chi connectivity index (χ1n) is 9.01. The highest BCUT2D eigenvalue weighted by Gasteiger charge is 2.11. The number of nitrogens with one attached hydrogen (secondary N) is 2. The molecule has 0 radical (unpaired) electrons. The molecule has 0 unspecified atom stereocenters. The van der Waals surface area contributed by atoms with Gasteiger partial charge in [0.25, 0.3) is 0 Å². The lowest BCUT2D eigenvalue weighted by molar-refractivity contribution is -0.122. The number of hydrogen-bond donors (Lipinski definition) is 2. The van der Waals surface area contributed by atoms with E-state index in [1.54, 1.807) is 24.5 Å². The Morgan fingerprint density at radius 3 is 2.46 bits per heavy atom. The lowest BCUT2D eigenvalue weighted by Crippen LogP contribution is -2.30. The third kappa shape index (κ3) is 6.01. The van der Waals surface area contributed by atoms with Crippen LogP contribution in [-0.2, 0) is 22.6 Å². The van der Waals surface area contributed by atoms with Crippen LogP contribution >= 0.6 is 0 Å². The maximum atomic E-state index is 11.9. The molecule has 144 valence electrons. The maximum absolute atomic E-state index is 11.9. The zero-order chi connectivity index (χ0) is 19.6. The number of aryl methyl sites for hydroxylation is 1. The molecule has 28 heavy (non-hydrogen) atoms. The Balaban J connectivity index is 1.32. The van der Waals surface area contributed by atoms with E-state index in [-0.39, 0.29) is 31.2 Å². The van der Waals surface area contributed by atoms with E-state index in [0.717, 1.165) is 11.1 Å². The van der Waals surface area contributed by atoms with Gasteiger partial charge >= 0.3 is 0 Å². The second-order valence-electron chi connectivity index (χ2n) is 6.11. The molecule has 3 rings (SSSR count). The van der Waals surface area contributed by atoms with Gasteiger partial charge in [-0.15, -0.1) is 0 Å². The fraction of sp³-hybridized carbons (Fsp3) is 0.250. The van der Waals surface area contributed by atoms with Gasteiger partial charge in [-0.3, -0.25) is 14.6 Å². The Morgan fingerprint density at radius 1 is 0.929 bits per heavy atom. The first-order valence-corrected chi connectivity index (χ1v) is 9.01. The van der Waals surface area contributed by atoms with Crippen molar-refractivity contribution in [3.8, 4) is 11.4 Å². The van der Waals surface area contributed by atoms with Crippen LogP contribution in [0, 0.1) is 0 Å². The summed E-state index contributed by atoms with van der Waals surface area (Å²) in [6.45, 7) is 0.760. The fourth-order valence-electron chi connectivity index (χ4n) is 2.48. The topological polar surface area (TPSA) is 110 Å². The van der Waals surface area contributed by atoms with Gasteiger partial charge in [-0.2, -0.15) is 4.98 Å². The number of carbonyl (C=O) groups excluding carboxylic acids is 2. The molecule has 2 N–H and O–H groups in total. The number of benzene rings is 1. The number of pyridine rings is 1. The summed E-state index contributed by atoms with van der Waals surface area (Å²) in [6, 6.07) is 13.2. The monoisotopic (exact) mass is 379 g/mol. The largest absolute Gasteiger partial charge is 0.356 e. The predicted molar refractivity (Wildman–Crippen MR) is 102 cm³/mol. The van der Waals surface area contributed by atoms with Crippen molar-refractivity contribution in [2.45, 2.75) is 25.8 Å². The van der Waals surface area contributed by atoms with Crippen LogP contribution < -0.4 is 10.6 Å². The van der Waals surface area contributed by atoms with Crippen LogP contribution in [-0.4, -0.2) is 33.5 Å². The first-order chi connectivity index (χ1) is 13.7. The Labute approximate surface area is 162 Å². The second kappa shape index (κ2) is 9.96. The zero-order valence-corrected chi connectivity index (χ0v) is 15.3. The summed E-state index contributed by atoms with van der Waals surface area (Å²) in [6.07, 6.45) is 4.07. The standard InChI is InChI=1S/C20H21N5O3/c26-17(22-13-10-18(27)23-14-15-4-2-1-3-5-15)6-7-19-24-20(25-28-19)16-8-11-21-12-9-16/h1-5,8-9,11-12H,6-7,10,13-14H2,(H,22,26)(H,23,27). The number of amides is 2. The lowest BCUT2D eigenvalue weighted by Gasteiger charge is -2.06. The van der Waals surface area contributed by atoms with Crippen LogP contribution in [0.15, 0.2) is 59.4 Å². The molecule has 8 heteroatoms. The summed E-state index contributed by atoms with van der Waals surface area (Å²) < 4.78 is 5.16. The Morgan fingerprint density at radius 2 is 1.68 bits per heavy atom. The molecular formula is C20H21N5O3. The number of hydrogen-bond acceptors (Lipinski definition) is 6.